The van der Waals surface area contributed by atoms with Crippen molar-refractivity contribution < 1.29 is 22.8 Å². The molecule has 2 aromatic heterocycles. The highest BCUT2D eigenvalue weighted by Gasteiger charge is 2.30. The monoisotopic (exact) mass is 473 g/mol. The predicted octanol–water partition coefficient (Wildman–Crippen LogP) is 5.23. The lowest BCUT2D eigenvalue weighted by atomic mass is 10.1. The van der Waals surface area contributed by atoms with Gasteiger partial charge in [0.2, 0.25) is 5.91 Å². The van der Waals surface area contributed by atoms with Crippen LogP contribution in [0.2, 0.25) is 5.02 Å². The first-order chi connectivity index (χ1) is 14.2. The third-order valence-corrected chi connectivity index (χ3v) is 6.07. The Kier molecular flexibility index (Phi) is 7.11. The highest BCUT2D eigenvalue weighted by molar-refractivity contribution is 7.15. The molecule has 0 saturated heterocycles. The first-order valence-corrected chi connectivity index (χ1v) is 10.7. The molecule has 11 heteroatoms. The predicted molar refractivity (Wildman–Crippen MR) is 111 cm³/mol. The summed E-state index contributed by atoms with van der Waals surface area (Å²) in [6.07, 6.45) is -2.75. The molecule has 2 heterocycles. The summed E-state index contributed by atoms with van der Waals surface area (Å²) in [6, 6.07) is 6.61. The van der Waals surface area contributed by atoms with Crippen molar-refractivity contribution in [1.29, 1.82) is 0 Å². The zero-order valence-electron chi connectivity index (χ0n) is 15.3. The second-order valence-corrected chi connectivity index (χ2v) is 8.61. The molecule has 0 unspecified atom stereocenters. The van der Waals surface area contributed by atoms with Crippen LogP contribution in [-0.4, -0.2) is 23.3 Å². The molecule has 0 aliphatic carbocycles. The van der Waals surface area contributed by atoms with Gasteiger partial charge in [0.05, 0.1) is 10.4 Å². The summed E-state index contributed by atoms with van der Waals surface area (Å²) >= 11 is 8.47. The van der Waals surface area contributed by atoms with E-state index in [1.165, 1.54) is 23.6 Å². The number of rotatable bonds is 7. The summed E-state index contributed by atoms with van der Waals surface area (Å²) in [5.74, 6) is -0.577. The molecule has 158 valence electrons. The normalized spacial score (nSPS) is 11.3. The number of anilines is 1. The van der Waals surface area contributed by atoms with E-state index in [0.29, 0.717) is 20.4 Å². The van der Waals surface area contributed by atoms with Gasteiger partial charge in [0, 0.05) is 35.5 Å². The standard InChI is InChI=1S/C19H15ClF3N3O2S2/c20-14-4-3-12(19(21,22)23)8-11(14)9-13-10-25-18(30-13)26-16(27)5-6-24-17(28)15-2-1-7-29-15/h1-4,7-8,10H,5-6,9H2,(H,24,28)(H,25,26,27). The fourth-order valence-electron chi connectivity index (χ4n) is 2.49. The fourth-order valence-corrected chi connectivity index (χ4v) is 4.16. The summed E-state index contributed by atoms with van der Waals surface area (Å²) < 4.78 is 38.7. The van der Waals surface area contributed by atoms with Crippen molar-refractivity contribution in [2.24, 2.45) is 0 Å². The highest BCUT2D eigenvalue weighted by Crippen LogP contribution is 2.33. The number of nitrogens with zero attached hydrogens (tertiary/aromatic N) is 1. The molecule has 0 aliphatic rings. The van der Waals surface area contributed by atoms with Crippen molar-refractivity contribution in [1.82, 2.24) is 10.3 Å². The Morgan fingerprint density at radius 2 is 2.00 bits per heavy atom. The lowest BCUT2D eigenvalue weighted by molar-refractivity contribution is -0.137. The van der Waals surface area contributed by atoms with Gasteiger partial charge in [-0.3, -0.25) is 9.59 Å². The Bertz CT molecular complexity index is 1040. The van der Waals surface area contributed by atoms with Crippen molar-refractivity contribution in [2.75, 3.05) is 11.9 Å². The van der Waals surface area contributed by atoms with Gasteiger partial charge in [-0.05, 0) is 35.2 Å². The maximum atomic E-state index is 12.9. The summed E-state index contributed by atoms with van der Waals surface area (Å²) in [6.45, 7) is 0.167. The Balaban J connectivity index is 1.52. The molecule has 0 fully saturated rings. The van der Waals surface area contributed by atoms with Gasteiger partial charge in [-0.15, -0.1) is 22.7 Å². The Morgan fingerprint density at radius 3 is 2.70 bits per heavy atom. The smallest absolute Gasteiger partial charge is 0.351 e. The number of aromatic nitrogens is 1. The van der Waals surface area contributed by atoms with E-state index in [9.17, 15) is 22.8 Å². The number of carbonyl (C=O) groups is 2. The molecular formula is C19H15ClF3N3O2S2. The third-order valence-electron chi connectivity index (χ3n) is 3.92. The van der Waals surface area contributed by atoms with Crippen LogP contribution in [0.1, 0.15) is 32.1 Å². The van der Waals surface area contributed by atoms with Crippen LogP contribution in [0.25, 0.3) is 0 Å². The minimum Gasteiger partial charge on any atom is -0.351 e. The average molecular weight is 474 g/mol. The minimum atomic E-state index is -4.45. The van der Waals surface area contributed by atoms with Crippen molar-refractivity contribution in [3.63, 3.8) is 0 Å². The van der Waals surface area contributed by atoms with Crippen LogP contribution in [0.4, 0.5) is 18.3 Å². The van der Waals surface area contributed by atoms with E-state index < -0.39 is 11.7 Å². The molecule has 0 spiro atoms. The molecule has 3 rings (SSSR count). The van der Waals surface area contributed by atoms with Gasteiger partial charge in [-0.2, -0.15) is 13.2 Å². The molecule has 0 saturated carbocycles. The molecule has 3 aromatic rings. The van der Waals surface area contributed by atoms with E-state index in [1.807, 2.05) is 0 Å². The lowest BCUT2D eigenvalue weighted by Gasteiger charge is -2.09. The van der Waals surface area contributed by atoms with Crippen LogP contribution in [0.15, 0.2) is 41.9 Å². The van der Waals surface area contributed by atoms with E-state index in [2.05, 4.69) is 15.6 Å². The van der Waals surface area contributed by atoms with Gasteiger partial charge in [0.25, 0.3) is 5.91 Å². The lowest BCUT2D eigenvalue weighted by Crippen LogP contribution is -2.27. The van der Waals surface area contributed by atoms with E-state index in [4.69, 9.17) is 11.6 Å². The van der Waals surface area contributed by atoms with Gasteiger partial charge in [0.1, 0.15) is 0 Å². The third kappa shape index (κ3) is 6.04. The average Bonchev–Trinajstić information content (AvgIpc) is 3.35. The van der Waals surface area contributed by atoms with Crippen LogP contribution in [-0.2, 0) is 17.4 Å². The summed E-state index contributed by atoms with van der Waals surface area (Å²) in [5, 5.41) is 7.60. The van der Waals surface area contributed by atoms with E-state index in [1.54, 1.807) is 17.5 Å². The second-order valence-electron chi connectivity index (χ2n) is 6.14. The molecule has 30 heavy (non-hydrogen) atoms. The van der Waals surface area contributed by atoms with Crippen molar-refractivity contribution in [3.8, 4) is 0 Å². The number of halogens is 4. The molecule has 2 N–H and O–H groups in total. The van der Waals surface area contributed by atoms with Gasteiger partial charge in [0.15, 0.2) is 5.13 Å². The summed E-state index contributed by atoms with van der Waals surface area (Å²) in [5.41, 5.74) is -0.450. The number of hydrogen-bond donors (Lipinski definition) is 2. The van der Waals surface area contributed by atoms with Crippen LogP contribution in [0, 0.1) is 0 Å². The quantitative estimate of drug-likeness (QED) is 0.494. The van der Waals surface area contributed by atoms with Crippen LogP contribution >= 0.6 is 34.3 Å². The van der Waals surface area contributed by atoms with Gasteiger partial charge in [-0.25, -0.2) is 4.98 Å². The number of thiophene rings is 1. The summed E-state index contributed by atoms with van der Waals surface area (Å²) in [7, 11) is 0. The number of thiazole rings is 1. The fraction of sp³-hybridized carbons (Fsp3) is 0.211. The van der Waals surface area contributed by atoms with Crippen molar-refractivity contribution in [2.45, 2.75) is 19.0 Å². The van der Waals surface area contributed by atoms with E-state index >= 15 is 0 Å². The van der Waals surface area contributed by atoms with Gasteiger partial charge >= 0.3 is 6.18 Å². The SMILES string of the molecule is O=C(CCNC(=O)c1cccs1)Nc1ncc(Cc2cc(C(F)(F)F)ccc2Cl)s1. The van der Waals surface area contributed by atoms with Crippen molar-refractivity contribution in [3.05, 3.63) is 67.8 Å². The summed E-state index contributed by atoms with van der Waals surface area (Å²) in [4.78, 5) is 29.1. The molecular weight excluding hydrogens is 459 g/mol. The Morgan fingerprint density at radius 1 is 1.20 bits per heavy atom. The van der Waals surface area contributed by atoms with Gasteiger partial charge < -0.3 is 10.6 Å². The number of benzene rings is 1. The largest absolute Gasteiger partial charge is 0.416 e. The van der Waals surface area contributed by atoms with Crippen LogP contribution in [0.5, 0.6) is 0 Å². The zero-order chi connectivity index (χ0) is 21.7. The minimum absolute atomic E-state index is 0.0610. The zero-order valence-corrected chi connectivity index (χ0v) is 17.6. The Hall–Kier alpha value is -2.43. The molecule has 1 aromatic carbocycles. The molecule has 5 nitrogen and oxygen atoms in total. The first-order valence-electron chi connectivity index (χ1n) is 8.64. The topological polar surface area (TPSA) is 71.1 Å². The van der Waals surface area contributed by atoms with Crippen molar-refractivity contribution >= 4 is 51.2 Å². The highest BCUT2D eigenvalue weighted by atomic mass is 35.5. The number of carbonyl (C=O) groups excluding carboxylic acids is 2. The maximum absolute atomic E-state index is 12.9. The molecule has 2 amide bonds. The molecule has 0 aliphatic heterocycles. The number of amides is 2. The van der Waals surface area contributed by atoms with Gasteiger partial charge in [-0.1, -0.05) is 17.7 Å². The molecule has 0 bridgehead atoms. The van der Waals surface area contributed by atoms with E-state index in [0.717, 1.165) is 23.5 Å². The first kappa shape index (κ1) is 22.3. The maximum Gasteiger partial charge on any atom is 0.416 e. The van der Waals surface area contributed by atoms with Crippen LogP contribution in [0.3, 0.4) is 0 Å². The van der Waals surface area contributed by atoms with Crippen LogP contribution < -0.4 is 10.6 Å². The second kappa shape index (κ2) is 9.59. The number of alkyl halides is 3. The number of nitrogens with one attached hydrogen (secondary N) is 2. The molecule has 0 atom stereocenters. The number of hydrogen-bond acceptors (Lipinski definition) is 5. The molecule has 0 radical (unpaired) electrons. The van der Waals surface area contributed by atoms with E-state index in [-0.39, 0.29) is 36.2 Å². The Labute approximate surface area is 182 Å².